The van der Waals surface area contributed by atoms with Gasteiger partial charge in [0.15, 0.2) is 0 Å². The minimum atomic E-state index is -5.08. The second-order valence-electron chi connectivity index (χ2n) is 6.59. The molecule has 0 unspecified atom stereocenters. The van der Waals surface area contributed by atoms with Crippen LogP contribution >= 0.6 is 0 Å². The van der Waals surface area contributed by atoms with Crippen LogP contribution in [-0.2, 0) is 18.4 Å². The Morgan fingerprint density at radius 3 is 2.33 bits per heavy atom. The van der Waals surface area contributed by atoms with Gasteiger partial charge in [0.1, 0.15) is 23.7 Å². The van der Waals surface area contributed by atoms with Gasteiger partial charge in [-0.2, -0.15) is 13.2 Å². The van der Waals surface area contributed by atoms with Gasteiger partial charge in [0.2, 0.25) is 0 Å². The van der Waals surface area contributed by atoms with Crippen LogP contribution < -0.4 is 0 Å². The maximum atomic E-state index is 10.6. The number of nitrogens with zero attached hydrogens (tertiary/aromatic N) is 4. The summed E-state index contributed by atoms with van der Waals surface area (Å²) in [5.74, 6) is 0.975. The number of furan rings is 1. The van der Waals surface area contributed by atoms with E-state index in [2.05, 4.69) is 28.1 Å². The number of carbonyl (C=O) groups is 1. The molecule has 0 atom stereocenters. The van der Waals surface area contributed by atoms with E-state index in [1.807, 2.05) is 18.5 Å². The van der Waals surface area contributed by atoms with E-state index >= 15 is 0 Å². The minimum absolute atomic E-state index is 0.547. The molecule has 0 aliphatic carbocycles. The summed E-state index contributed by atoms with van der Waals surface area (Å²) in [7, 11) is 2.03. The van der Waals surface area contributed by atoms with Gasteiger partial charge in [0, 0.05) is 25.1 Å². The third kappa shape index (κ3) is 5.81. The van der Waals surface area contributed by atoms with Gasteiger partial charge in [0.25, 0.3) is 0 Å². The second-order valence-corrected chi connectivity index (χ2v) is 6.59. The number of piperidine rings is 1. The number of carboxylic acids is 1. The van der Waals surface area contributed by atoms with Gasteiger partial charge in [-0.05, 0) is 45.8 Å². The van der Waals surface area contributed by atoms with Crippen LogP contribution in [0.1, 0.15) is 41.7 Å². The molecule has 150 valence electrons. The van der Waals surface area contributed by atoms with Gasteiger partial charge in [-0.25, -0.2) is 4.79 Å². The van der Waals surface area contributed by atoms with E-state index < -0.39 is 12.1 Å². The molecule has 2 aromatic rings. The molecular formula is C17H23F3N4O3. The zero-order valence-electron chi connectivity index (χ0n) is 15.5. The molecule has 10 heteroatoms. The number of likely N-dealkylation sites (tertiary alicyclic amines) is 1. The highest BCUT2D eigenvalue weighted by Crippen LogP contribution is 2.27. The van der Waals surface area contributed by atoms with Gasteiger partial charge < -0.3 is 14.1 Å². The molecule has 0 saturated carbocycles. The van der Waals surface area contributed by atoms with Crippen molar-refractivity contribution in [2.75, 3.05) is 13.1 Å². The molecule has 3 heterocycles. The number of hydrogen-bond donors (Lipinski definition) is 1. The molecule has 7 nitrogen and oxygen atoms in total. The molecule has 3 rings (SSSR count). The maximum Gasteiger partial charge on any atom is 0.490 e. The summed E-state index contributed by atoms with van der Waals surface area (Å²) in [6, 6.07) is 2.16. The van der Waals surface area contributed by atoms with Crippen molar-refractivity contribution in [1.29, 1.82) is 0 Å². The van der Waals surface area contributed by atoms with Crippen molar-refractivity contribution in [3.05, 3.63) is 35.3 Å². The molecule has 2 aromatic heterocycles. The van der Waals surface area contributed by atoms with Gasteiger partial charge in [-0.3, -0.25) is 4.90 Å². The summed E-state index contributed by atoms with van der Waals surface area (Å²) in [6.45, 7) is 7.28. The first-order valence-corrected chi connectivity index (χ1v) is 8.50. The molecule has 0 bridgehead atoms. The quantitative estimate of drug-likeness (QED) is 0.870. The van der Waals surface area contributed by atoms with E-state index in [9.17, 15) is 13.2 Å². The number of alkyl halides is 3. The van der Waals surface area contributed by atoms with Crippen molar-refractivity contribution >= 4 is 5.97 Å². The van der Waals surface area contributed by atoms with Crippen LogP contribution in [0, 0.1) is 13.8 Å². The Balaban J connectivity index is 0.000000321. The van der Waals surface area contributed by atoms with E-state index in [1.54, 1.807) is 6.33 Å². The first-order chi connectivity index (χ1) is 12.6. The highest BCUT2D eigenvalue weighted by molar-refractivity contribution is 5.73. The molecule has 0 amide bonds. The SMILES string of the molecule is Cc1cc(CN2CCC(c3nncn3C)CC2)c(C)o1.O=C(O)C(F)(F)F. The fourth-order valence-corrected chi connectivity index (χ4v) is 3.09. The van der Waals surface area contributed by atoms with Crippen molar-refractivity contribution in [1.82, 2.24) is 19.7 Å². The van der Waals surface area contributed by atoms with Gasteiger partial charge in [0.05, 0.1) is 0 Å². The Morgan fingerprint density at radius 1 is 1.33 bits per heavy atom. The van der Waals surface area contributed by atoms with E-state index in [0.717, 1.165) is 49.8 Å². The van der Waals surface area contributed by atoms with Gasteiger partial charge in [-0.15, -0.1) is 10.2 Å². The number of rotatable bonds is 3. The lowest BCUT2D eigenvalue weighted by Crippen LogP contribution is -2.33. The number of halogens is 3. The lowest BCUT2D eigenvalue weighted by atomic mass is 9.95. The zero-order valence-corrected chi connectivity index (χ0v) is 15.5. The number of aryl methyl sites for hydroxylation is 3. The Hall–Kier alpha value is -2.36. The lowest BCUT2D eigenvalue weighted by Gasteiger charge is -2.31. The average Bonchev–Trinajstić information content (AvgIpc) is 3.13. The predicted molar refractivity (Wildman–Crippen MR) is 90.1 cm³/mol. The molecule has 1 fully saturated rings. The van der Waals surface area contributed by atoms with Gasteiger partial charge in [-0.1, -0.05) is 0 Å². The first-order valence-electron chi connectivity index (χ1n) is 8.50. The molecule has 0 radical (unpaired) electrons. The van der Waals surface area contributed by atoms with Crippen LogP contribution in [0.15, 0.2) is 16.8 Å². The van der Waals surface area contributed by atoms with E-state index in [0.29, 0.717) is 5.92 Å². The van der Waals surface area contributed by atoms with Crippen molar-refractivity contribution in [3.63, 3.8) is 0 Å². The molecule has 27 heavy (non-hydrogen) atoms. The molecule has 1 aliphatic heterocycles. The normalized spacial score (nSPS) is 16.1. The van der Waals surface area contributed by atoms with E-state index in [1.165, 1.54) is 5.56 Å². The third-order valence-corrected chi connectivity index (χ3v) is 4.48. The molecule has 1 saturated heterocycles. The smallest absolute Gasteiger partial charge is 0.475 e. The van der Waals surface area contributed by atoms with Crippen LogP contribution in [0.4, 0.5) is 13.2 Å². The summed E-state index contributed by atoms with van der Waals surface area (Å²) in [6.07, 6.45) is -0.982. The Bertz CT molecular complexity index is 762. The van der Waals surface area contributed by atoms with Crippen molar-refractivity contribution in [2.45, 2.75) is 45.3 Å². The summed E-state index contributed by atoms with van der Waals surface area (Å²) < 4.78 is 39.4. The third-order valence-electron chi connectivity index (χ3n) is 4.48. The van der Waals surface area contributed by atoms with Crippen LogP contribution in [0.3, 0.4) is 0 Å². The minimum Gasteiger partial charge on any atom is -0.475 e. The maximum absolute atomic E-state index is 10.6. The zero-order chi connectivity index (χ0) is 20.2. The molecule has 1 aliphatic rings. The molecule has 1 N–H and O–H groups in total. The predicted octanol–water partition coefficient (Wildman–Crippen LogP) is 3.04. The standard InChI is InChI=1S/C15H22N4O.C2HF3O2/c1-11-8-14(12(2)20-11)9-19-6-4-13(5-7-19)15-17-16-10-18(15)3;3-2(4,5)1(6)7/h8,10,13H,4-7,9H2,1-3H3;(H,6,7). The highest BCUT2D eigenvalue weighted by Gasteiger charge is 2.38. The molecule has 0 spiro atoms. The van der Waals surface area contributed by atoms with Crippen molar-refractivity contribution < 1.29 is 27.5 Å². The average molecular weight is 388 g/mol. The Labute approximate surface area is 154 Å². The van der Waals surface area contributed by atoms with Crippen LogP contribution in [0.2, 0.25) is 0 Å². The second kappa shape index (κ2) is 8.55. The van der Waals surface area contributed by atoms with E-state index in [4.69, 9.17) is 14.3 Å². The van der Waals surface area contributed by atoms with E-state index in [-0.39, 0.29) is 0 Å². The summed E-state index contributed by atoms with van der Waals surface area (Å²) in [5, 5.41) is 15.4. The first kappa shape index (κ1) is 20.9. The lowest BCUT2D eigenvalue weighted by molar-refractivity contribution is -0.192. The molecule has 0 aromatic carbocycles. The highest BCUT2D eigenvalue weighted by atomic mass is 19.4. The number of carboxylic acid groups (broad SMARTS) is 1. The number of hydrogen-bond acceptors (Lipinski definition) is 5. The number of aromatic nitrogens is 3. The van der Waals surface area contributed by atoms with Crippen LogP contribution in [-0.4, -0.2) is 50.0 Å². The Morgan fingerprint density at radius 2 is 1.93 bits per heavy atom. The summed E-state index contributed by atoms with van der Waals surface area (Å²) in [4.78, 5) is 11.4. The fraction of sp³-hybridized carbons (Fsp3) is 0.588. The fourth-order valence-electron chi connectivity index (χ4n) is 3.09. The number of aliphatic carboxylic acids is 1. The van der Waals surface area contributed by atoms with Crippen LogP contribution in [0.25, 0.3) is 0 Å². The topological polar surface area (TPSA) is 84.4 Å². The molecular weight excluding hydrogens is 365 g/mol. The monoisotopic (exact) mass is 388 g/mol. The van der Waals surface area contributed by atoms with Crippen molar-refractivity contribution in [2.24, 2.45) is 7.05 Å². The Kier molecular flexibility index (Phi) is 6.63. The largest absolute Gasteiger partial charge is 0.490 e. The van der Waals surface area contributed by atoms with Crippen LogP contribution in [0.5, 0.6) is 0 Å². The van der Waals surface area contributed by atoms with Gasteiger partial charge >= 0.3 is 12.1 Å². The summed E-state index contributed by atoms with van der Waals surface area (Å²) in [5.41, 5.74) is 1.32. The van der Waals surface area contributed by atoms with Crippen molar-refractivity contribution in [3.8, 4) is 0 Å². The summed E-state index contributed by atoms with van der Waals surface area (Å²) >= 11 is 0.